The first-order chi connectivity index (χ1) is 16.0. The molecule has 3 rings (SSSR count). The standard InChI is InChI=1S/C26H37FO6/c1-3-4-10-21(27)22(28)14-13-19-20-16-18(9-5-6-11-25(29)30-2)32-24(20)17-23(19)33-26-12-7-8-15-31-26/h13-14,16,19,21,23,26H,3-12,15,17H2,1-2H3/b14-13+/t19-,21?,23-,26?/m1/s1. The molecule has 0 aromatic carbocycles. The van der Waals surface area contributed by atoms with E-state index in [4.69, 9.17) is 13.9 Å². The number of allylic oxidation sites excluding steroid dienone is 1. The van der Waals surface area contributed by atoms with Crippen molar-refractivity contribution in [2.75, 3.05) is 13.7 Å². The van der Waals surface area contributed by atoms with Crippen LogP contribution in [-0.2, 0) is 36.6 Å². The maximum Gasteiger partial charge on any atom is 0.305 e. The Kier molecular flexibility index (Phi) is 10.1. The SMILES string of the molecule is CCCCC(F)C(=O)/C=C/[C@@H]1c2cc(CCCCC(=O)OC)oc2C[C@H]1OC1CCCCO1. The highest BCUT2D eigenvalue weighted by atomic mass is 19.1. The predicted octanol–water partition coefficient (Wildman–Crippen LogP) is 5.37. The topological polar surface area (TPSA) is 75.0 Å². The third-order valence-corrected chi connectivity index (χ3v) is 6.37. The summed E-state index contributed by atoms with van der Waals surface area (Å²) in [6.07, 6.45) is 9.26. The lowest BCUT2D eigenvalue weighted by atomic mass is 9.98. The van der Waals surface area contributed by atoms with E-state index in [-0.39, 0.29) is 30.7 Å². The third kappa shape index (κ3) is 7.51. The normalized spacial score (nSPS) is 23.5. The molecule has 4 atom stereocenters. The number of carbonyl (C=O) groups is 2. The van der Waals surface area contributed by atoms with Gasteiger partial charge in [-0.25, -0.2) is 4.39 Å². The number of carbonyl (C=O) groups excluding carboxylic acids is 2. The molecule has 1 aliphatic carbocycles. The molecule has 2 unspecified atom stereocenters. The highest BCUT2D eigenvalue weighted by Crippen LogP contribution is 2.40. The van der Waals surface area contributed by atoms with Gasteiger partial charge in [0.2, 0.25) is 0 Å². The largest absolute Gasteiger partial charge is 0.469 e. The number of hydrogen-bond donors (Lipinski definition) is 0. The minimum Gasteiger partial charge on any atom is -0.469 e. The molecule has 2 aliphatic rings. The van der Waals surface area contributed by atoms with Gasteiger partial charge in [0.1, 0.15) is 11.5 Å². The fraction of sp³-hybridized carbons (Fsp3) is 0.692. The van der Waals surface area contributed by atoms with E-state index in [9.17, 15) is 14.0 Å². The fourth-order valence-corrected chi connectivity index (χ4v) is 4.45. The molecule has 0 bridgehead atoms. The number of halogens is 1. The number of aryl methyl sites for hydroxylation is 1. The minimum absolute atomic E-state index is 0.180. The predicted molar refractivity (Wildman–Crippen MR) is 122 cm³/mol. The molecule has 2 heterocycles. The van der Waals surface area contributed by atoms with Crippen LogP contribution in [0.2, 0.25) is 0 Å². The van der Waals surface area contributed by atoms with E-state index in [1.807, 2.05) is 13.0 Å². The Labute approximate surface area is 195 Å². The van der Waals surface area contributed by atoms with Crippen LogP contribution in [0.25, 0.3) is 0 Å². The summed E-state index contributed by atoms with van der Waals surface area (Å²) in [5, 5.41) is 0. The van der Waals surface area contributed by atoms with Gasteiger partial charge in [-0.3, -0.25) is 9.59 Å². The third-order valence-electron chi connectivity index (χ3n) is 6.37. The van der Waals surface area contributed by atoms with Crippen molar-refractivity contribution < 1.29 is 32.6 Å². The van der Waals surface area contributed by atoms with Crippen LogP contribution in [0.1, 0.15) is 87.7 Å². The molecular formula is C26H37FO6. The summed E-state index contributed by atoms with van der Waals surface area (Å²) in [5.41, 5.74) is 0.992. The van der Waals surface area contributed by atoms with Gasteiger partial charge in [0.15, 0.2) is 18.2 Å². The molecule has 0 radical (unpaired) electrons. The number of furan rings is 1. The summed E-state index contributed by atoms with van der Waals surface area (Å²) in [4.78, 5) is 23.6. The summed E-state index contributed by atoms with van der Waals surface area (Å²) in [7, 11) is 1.39. The number of ether oxygens (including phenoxy) is 3. The van der Waals surface area contributed by atoms with Gasteiger partial charge >= 0.3 is 5.97 Å². The number of methoxy groups -OCH3 is 1. The van der Waals surface area contributed by atoms with Gasteiger partial charge < -0.3 is 18.6 Å². The Morgan fingerprint density at radius 1 is 1.27 bits per heavy atom. The van der Waals surface area contributed by atoms with Crippen molar-refractivity contribution in [1.82, 2.24) is 0 Å². The van der Waals surface area contributed by atoms with E-state index in [1.54, 1.807) is 6.08 Å². The smallest absolute Gasteiger partial charge is 0.305 e. The van der Waals surface area contributed by atoms with E-state index in [0.29, 0.717) is 25.9 Å². The molecule has 1 aromatic heterocycles. The van der Waals surface area contributed by atoms with E-state index < -0.39 is 12.0 Å². The number of ketones is 1. The number of fused-ring (bicyclic) bond motifs is 1. The number of hydrogen-bond acceptors (Lipinski definition) is 6. The van der Waals surface area contributed by atoms with E-state index >= 15 is 0 Å². The van der Waals surface area contributed by atoms with Crippen molar-refractivity contribution in [2.45, 2.75) is 102 Å². The Morgan fingerprint density at radius 3 is 2.85 bits per heavy atom. The summed E-state index contributed by atoms with van der Waals surface area (Å²) in [6, 6.07) is 2.02. The summed E-state index contributed by atoms with van der Waals surface area (Å²) < 4.78 is 36.9. The molecule has 1 aromatic rings. The molecule has 0 amide bonds. The number of alkyl halides is 1. The monoisotopic (exact) mass is 464 g/mol. The van der Waals surface area contributed by atoms with Crippen molar-refractivity contribution >= 4 is 11.8 Å². The van der Waals surface area contributed by atoms with Crippen LogP contribution < -0.4 is 0 Å². The fourth-order valence-electron chi connectivity index (χ4n) is 4.45. The van der Waals surface area contributed by atoms with Crippen LogP contribution in [-0.4, -0.2) is 44.0 Å². The lowest BCUT2D eigenvalue weighted by Crippen LogP contribution is -2.30. The minimum atomic E-state index is -1.46. The molecule has 184 valence electrons. The first-order valence-corrected chi connectivity index (χ1v) is 12.3. The van der Waals surface area contributed by atoms with E-state index in [0.717, 1.165) is 62.0 Å². The second kappa shape index (κ2) is 13.0. The molecule has 6 nitrogen and oxygen atoms in total. The average Bonchev–Trinajstić information content (AvgIpc) is 3.36. The van der Waals surface area contributed by atoms with Crippen LogP contribution in [0.3, 0.4) is 0 Å². The quantitative estimate of drug-likeness (QED) is 0.222. The van der Waals surface area contributed by atoms with Gasteiger partial charge in [-0.15, -0.1) is 0 Å². The van der Waals surface area contributed by atoms with Crippen molar-refractivity contribution in [3.8, 4) is 0 Å². The Hall–Kier alpha value is -1.99. The highest BCUT2D eigenvalue weighted by Gasteiger charge is 2.37. The van der Waals surface area contributed by atoms with Crippen molar-refractivity contribution in [1.29, 1.82) is 0 Å². The van der Waals surface area contributed by atoms with Gasteiger partial charge in [0, 0.05) is 37.4 Å². The number of esters is 1. The summed E-state index contributed by atoms with van der Waals surface area (Å²) >= 11 is 0. The molecule has 0 spiro atoms. The van der Waals surface area contributed by atoms with Crippen molar-refractivity contribution in [3.05, 3.63) is 35.3 Å². The van der Waals surface area contributed by atoms with Gasteiger partial charge in [-0.2, -0.15) is 0 Å². The second-order valence-corrected chi connectivity index (χ2v) is 8.95. The van der Waals surface area contributed by atoms with Gasteiger partial charge in [0.25, 0.3) is 0 Å². The molecular weight excluding hydrogens is 427 g/mol. The molecule has 7 heteroatoms. The molecule has 0 saturated carbocycles. The summed E-state index contributed by atoms with van der Waals surface area (Å²) in [5.74, 6) is 0.829. The summed E-state index contributed by atoms with van der Waals surface area (Å²) in [6.45, 7) is 2.67. The van der Waals surface area contributed by atoms with Crippen molar-refractivity contribution in [2.24, 2.45) is 0 Å². The molecule has 33 heavy (non-hydrogen) atoms. The van der Waals surface area contributed by atoms with Crippen LogP contribution >= 0.6 is 0 Å². The van der Waals surface area contributed by atoms with Crippen LogP contribution in [0.15, 0.2) is 22.6 Å². The molecule has 1 saturated heterocycles. The maximum atomic E-state index is 14.2. The highest BCUT2D eigenvalue weighted by molar-refractivity contribution is 5.93. The Morgan fingerprint density at radius 2 is 2.12 bits per heavy atom. The molecule has 0 N–H and O–H groups in total. The first-order valence-electron chi connectivity index (χ1n) is 12.3. The molecule has 1 fully saturated rings. The van der Waals surface area contributed by atoms with Gasteiger partial charge in [0.05, 0.1) is 13.2 Å². The molecule has 1 aliphatic heterocycles. The first kappa shape index (κ1) is 25.6. The maximum absolute atomic E-state index is 14.2. The lowest BCUT2D eigenvalue weighted by Gasteiger charge is -2.28. The van der Waals surface area contributed by atoms with Crippen LogP contribution in [0, 0.1) is 0 Å². The van der Waals surface area contributed by atoms with Gasteiger partial charge in [-0.05, 0) is 50.7 Å². The zero-order valence-electron chi connectivity index (χ0n) is 19.9. The zero-order chi connectivity index (χ0) is 23.6. The van der Waals surface area contributed by atoms with E-state index in [2.05, 4.69) is 4.74 Å². The Balaban J connectivity index is 1.65. The van der Waals surface area contributed by atoms with Gasteiger partial charge in [-0.1, -0.05) is 25.8 Å². The van der Waals surface area contributed by atoms with Crippen LogP contribution in [0.5, 0.6) is 0 Å². The second-order valence-electron chi connectivity index (χ2n) is 8.95. The number of unbranched alkanes of at least 4 members (excludes halogenated alkanes) is 2. The van der Waals surface area contributed by atoms with Crippen LogP contribution in [0.4, 0.5) is 4.39 Å². The average molecular weight is 465 g/mol. The zero-order valence-corrected chi connectivity index (χ0v) is 19.9. The van der Waals surface area contributed by atoms with Crippen molar-refractivity contribution in [3.63, 3.8) is 0 Å². The lowest BCUT2D eigenvalue weighted by molar-refractivity contribution is -0.188. The Bertz CT molecular complexity index is 795. The van der Waals surface area contributed by atoms with E-state index in [1.165, 1.54) is 13.2 Å². The number of rotatable bonds is 13.